The van der Waals surface area contributed by atoms with Crippen molar-refractivity contribution >= 4 is 83.0 Å². The van der Waals surface area contributed by atoms with Gasteiger partial charge in [0.05, 0.1) is 38.4 Å². The molecule has 10 rings (SSSR count). The van der Waals surface area contributed by atoms with Crippen molar-refractivity contribution in [1.82, 2.24) is 14.5 Å². The number of nitrogens with zero attached hydrogens (tertiary/aromatic N) is 6. The first-order valence-corrected chi connectivity index (χ1v) is 21.6. The van der Waals surface area contributed by atoms with Crippen molar-refractivity contribution in [2.45, 2.75) is 47.1 Å². The summed E-state index contributed by atoms with van der Waals surface area (Å²) in [5.41, 5.74) is 11.4. The Morgan fingerprint density at radius 1 is 0.719 bits per heavy atom. The molecule has 0 fully saturated rings. The van der Waals surface area contributed by atoms with Crippen molar-refractivity contribution in [3.63, 3.8) is 0 Å². The average molecular weight is 782 g/mol. The lowest BCUT2D eigenvalue weighted by atomic mass is 10.1. The van der Waals surface area contributed by atoms with E-state index in [0.717, 1.165) is 81.1 Å². The van der Waals surface area contributed by atoms with Crippen molar-refractivity contribution < 1.29 is 4.57 Å². The van der Waals surface area contributed by atoms with Crippen molar-refractivity contribution in [3.05, 3.63) is 157 Å². The summed E-state index contributed by atoms with van der Waals surface area (Å²) in [6.07, 6.45) is 15.8. The second kappa shape index (κ2) is 15.8. The maximum absolute atomic E-state index is 5.00. The van der Waals surface area contributed by atoms with Gasteiger partial charge in [0.1, 0.15) is 21.5 Å². The molecule has 3 aromatic heterocycles. The third-order valence-electron chi connectivity index (χ3n) is 10.5. The predicted molar refractivity (Wildman–Crippen MR) is 244 cm³/mol. The highest BCUT2D eigenvalue weighted by Crippen LogP contribution is 2.48. The minimum absolute atomic E-state index is 0.820. The van der Waals surface area contributed by atoms with E-state index in [2.05, 4.69) is 184 Å². The zero-order valence-electron chi connectivity index (χ0n) is 32.8. The Morgan fingerprint density at radius 3 is 2.04 bits per heavy atom. The quantitative estimate of drug-likeness (QED) is 0.144. The number of imidazole rings is 1. The lowest BCUT2D eigenvalue weighted by molar-refractivity contribution is -0.670. The van der Waals surface area contributed by atoms with Gasteiger partial charge in [-0.05, 0) is 118 Å². The van der Waals surface area contributed by atoms with E-state index in [1.54, 1.807) is 22.7 Å². The zero-order valence-corrected chi connectivity index (χ0v) is 34.4. The van der Waals surface area contributed by atoms with Gasteiger partial charge in [0.15, 0.2) is 11.0 Å². The van der Waals surface area contributed by atoms with Crippen LogP contribution >= 0.6 is 22.7 Å². The summed E-state index contributed by atoms with van der Waals surface area (Å²) in [6, 6.07) is 41.1. The first kappa shape index (κ1) is 36.5. The van der Waals surface area contributed by atoms with Gasteiger partial charge in [0, 0.05) is 29.4 Å². The molecular weight excluding hydrogens is 737 g/mol. The molecule has 2 aliphatic rings. The van der Waals surface area contributed by atoms with Crippen molar-refractivity contribution in [2.75, 3.05) is 16.3 Å². The van der Waals surface area contributed by atoms with E-state index in [4.69, 9.17) is 9.97 Å². The third kappa shape index (κ3) is 6.58. The molecule has 4 heterocycles. The highest BCUT2D eigenvalue weighted by atomic mass is 32.1. The number of hydrogen-bond donors (Lipinski definition) is 0. The van der Waals surface area contributed by atoms with Gasteiger partial charge in [-0.15, -0.1) is 22.7 Å². The van der Waals surface area contributed by atoms with Crippen molar-refractivity contribution in [1.29, 1.82) is 0 Å². The highest BCUT2D eigenvalue weighted by molar-refractivity contribution is 7.22. The molecule has 6 nitrogen and oxygen atoms in total. The molecule has 0 spiro atoms. The number of fused-ring (bicyclic) bond motifs is 4. The van der Waals surface area contributed by atoms with E-state index < -0.39 is 0 Å². The van der Waals surface area contributed by atoms with Gasteiger partial charge in [-0.3, -0.25) is 4.90 Å². The fraction of sp³-hybridized carbons (Fsp3) is 0.163. The normalized spacial score (nSPS) is 14.6. The van der Waals surface area contributed by atoms with Crippen LogP contribution in [-0.2, 0) is 6.54 Å². The minimum atomic E-state index is 0.820. The SMILES string of the molecule is CC.CCN1/C(=C/C=C/c2n(C3=CCCC=C3)c3ccc(-c4nc5ccccc5s4)cc3[n+]2CC)N(c2ccccc2)c2ccc(-c3nc4ccccc4s3)cc21. The number of thiazole rings is 2. The Balaban J connectivity index is 0.00000208. The maximum atomic E-state index is 5.00. The summed E-state index contributed by atoms with van der Waals surface area (Å²) in [4.78, 5) is 14.8. The number of rotatable bonds is 8. The summed E-state index contributed by atoms with van der Waals surface area (Å²) in [5, 5.41) is 2.09. The number of hydrogen-bond acceptors (Lipinski definition) is 6. The second-order valence-corrected chi connectivity index (χ2v) is 15.8. The summed E-state index contributed by atoms with van der Waals surface area (Å²) < 4.78 is 7.27. The number of anilines is 3. The Morgan fingerprint density at radius 2 is 1.39 bits per heavy atom. The number of benzene rings is 5. The number of aryl methyl sites for hydroxylation is 1. The van der Waals surface area contributed by atoms with Crippen molar-refractivity contribution in [2.24, 2.45) is 0 Å². The Labute approximate surface area is 342 Å². The molecule has 0 bridgehead atoms. The predicted octanol–water partition coefficient (Wildman–Crippen LogP) is 13.3. The highest BCUT2D eigenvalue weighted by Gasteiger charge is 2.32. The third-order valence-corrected chi connectivity index (χ3v) is 12.6. The molecule has 0 atom stereocenters. The van der Waals surface area contributed by atoms with Gasteiger partial charge in [0.2, 0.25) is 0 Å². The van der Waals surface area contributed by atoms with Crippen LogP contribution in [0.2, 0.25) is 0 Å². The van der Waals surface area contributed by atoms with Crippen LogP contribution in [0.3, 0.4) is 0 Å². The number of aromatic nitrogens is 4. The monoisotopic (exact) mass is 781 g/mol. The standard InChI is InChI=1S/C47H39N6S2.C2H6/c1-3-50-40-30-32(46-48-36-20-11-13-22-42(36)54-46)26-28-38(40)52(34-16-7-5-8-17-34)44(50)24-15-25-45-51(4-2)41-31-33(47-49-37-21-12-14-23-43(37)55-47)27-29-39(41)53(45)35-18-9-6-10-19-35;1-2/h5,7-9,11-31H,3-4,6,10H2,1-2H3;1-2H3/q+1;. The minimum Gasteiger partial charge on any atom is -0.326 e. The molecule has 8 heteroatoms. The van der Waals surface area contributed by atoms with Gasteiger partial charge in [0.25, 0.3) is 5.82 Å². The van der Waals surface area contributed by atoms with Crippen LogP contribution in [0.15, 0.2) is 151 Å². The van der Waals surface area contributed by atoms with E-state index in [1.165, 1.54) is 31.8 Å². The molecule has 57 heavy (non-hydrogen) atoms. The van der Waals surface area contributed by atoms with E-state index in [-0.39, 0.29) is 0 Å². The summed E-state index contributed by atoms with van der Waals surface area (Å²) in [5.74, 6) is 2.25. The van der Waals surface area contributed by atoms with Gasteiger partial charge in [-0.2, -0.15) is 4.57 Å². The molecule has 8 aromatic rings. The average Bonchev–Trinajstić information content (AvgIpc) is 4.05. The summed E-state index contributed by atoms with van der Waals surface area (Å²) >= 11 is 3.50. The second-order valence-electron chi connectivity index (χ2n) is 13.7. The first-order chi connectivity index (χ1) is 28.2. The fourth-order valence-electron chi connectivity index (χ4n) is 7.95. The topological polar surface area (TPSA) is 41.1 Å². The lowest BCUT2D eigenvalue weighted by Gasteiger charge is -2.24. The first-order valence-electron chi connectivity index (χ1n) is 20.0. The Bertz CT molecular complexity index is 2800. The molecule has 1 aliphatic heterocycles. The van der Waals surface area contributed by atoms with E-state index in [0.29, 0.717) is 0 Å². The molecule has 282 valence electrons. The maximum Gasteiger partial charge on any atom is 0.287 e. The fourth-order valence-corrected chi connectivity index (χ4v) is 9.87. The molecule has 0 N–H and O–H groups in total. The van der Waals surface area contributed by atoms with E-state index in [1.807, 2.05) is 13.8 Å². The van der Waals surface area contributed by atoms with Crippen LogP contribution in [0.4, 0.5) is 17.1 Å². The Hall–Kier alpha value is -6.09. The van der Waals surface area contributed by atoms with Crippen LogP contribution in [0.25, 0.3) is 64.4 Å². The molecule has 0 saturated heterocycles. The van der Waals surface area contributed by atoms with Crippen LogP contribution < -0.4 is 14.4 Å². The molecule has 0 amide bonds. The van der Waals surface area contributed by atoms with Crippen LogP contribution in [-0.4, -0.2) is 21.1 Å². The molecule has 0 unspecified atom stereocenters. The smallest absolute Gasteiger partial charge is 0.287 e. The van der Waals surface area contributed by atoms with Gasteiger partial charge >= 0.3 is 0 Å². The summed E-state index contributed by atoms with van der Waals surface area (Å²) in [6.45, 7) is 10.1. The zero-order chi connectivity index (χ0) is 38.9. The summed E-state index contributed by atoms with van der Waals surface area (Å²) in [7, 11) is 0. The molecule has 5 aromatic carbocycles. The van der Waals surface area contributed by atoms with Crippen LogP contribution in [0.1, 0.15) is 46.4 Å². The molecule has 1 aliphatic carbocycles. The van der Waals surface area contributed by atoms with Gasteiger partial charge < -0.3 is 4.90 Å². The number of allylic oxidation sites excluding steroid dienone is 6. The van der Waals surface area contributed by atoms with Crippen molar-refractivity contribution in [3.8, 4) is 21.1 Å². The Kier molecular flexibility index (Phi) is 10.1. The lowest BCUT2D eigenvalue weighted by Crippen LogP contribution is -2.35. The van der Waals surface area contributed by atoms with E-state index >= 15 is 0 Å². The number of para-hydroxylation sites is 3. The van der Waals surface area contributed by atoms with E-state index in [9.17, 15) is 0 Å². The largest absolute Gasteiger partial charge is 0.326 e. The molecular formula is C49H45N6S2+. The van der Waals surface area contributed by atoms with Crippen LogP contribution in [0.5, 0.6) is 0 Å². The molecule has 0 saturated carbocycles. The van der Waals surface area contributed by atoms with Gasteiger partial charge in [-0.25, -0.2) is 14.5 Å². The molecule has 0 radical (unpaired) electrons. The van der Waals surface area contributed by atoms with Crippen LogP contribution in [0, 0.1) is 0 Å². The van der Waals surface area contributed by atoms with Gasteiger partial charge in [-0.1, -0.05) is 68.5 Å².